The van der Waals surface area contributed by atoms with Gasteiger partial charge in [0.1, 0.15) is 11.2 Å². The van der Waals surface area contributed by atoms with Gasteiger partial charge in [-0.3, -0.25) is 4.79 Å². The van der Waals surface area contributed by atoms with E-state index in [9.17, 15) is 14.0 Å². The van der Waals surface area contributed by atoms with Crippen molar-refractivity contribution < 1.29 is 14.3 Å². The maximum Gasteiger partial charge on any atom is 0.341 e. The predicted octanol–water partition coefficient (Wildman–Crippen LogP) is 2.10. The molecule has 8 nitrogen and oxygen atoms in total. The number of carbonyl (C=O) groups is 1. The number of nitrogens with zero attached hydrogens (tertiary/aromatic N) is 3. The number of aromatic amines is 1. The van der Waals surface area contributed by atoms with Gasteiger partial charge in [-0.2, -0.15) is 0 Å². The molecule has 4 rings (SSSR count). The molecule has 1 fully saturated rings. The maximum atomic E-state index is 14.9. The lowest BCUT2D eigenvalue weighted by atomic mass is 10.0. The van der Waals surface area contributed by atoms with E-state index in [2.05, 4.69) is 32.3 Å². The SMILES string of the molecule is CN(C)CC(Cc1ccccc1)NC1CCN(c2nc3[nH]cc(C(=O)O)c(=O)c3cc2F)C1. The maximum absolute atomic E-state index is 14.9. The van der Waals surface area contributed by atoms with E-state index in [-0.39, 0.29) is 28.9 Å². The van der Waals surface area contributed by atoms with Crippen LogP contribution in [0.25, 0.3) is 11.0 Å². The van der Waals surface area contributed by atoms with Crippen LogP contribution in [-0.4, -0.2) is 71.8 Å². The number of carboxylic acids is 1. The summed E-state index contributed by atoms with van der Waals surface area (Å²) in [5.41, 5.74) is 0.251. The third-order valence-corrected chi connectivity index (χ3v) is 5.90. The fourth-order valence-electron chi connectivity index (χ4n) is 4.43. The van der Waals surface area contributed by atoms with Gasteiger partial charge in [-0.15, -0.1) is 0 Å². The largest absolute Gasteiger partial charge is 0.477 e. The van der Waals surface area contributed by atoms with Gasteiger partial charge in [0.25, 0.3) is 0 Å². The van der Waals surface area contributed by atoms with Crippen LogP contribution in [0.5, 0.6) is 0 Å². The third-order valence-electron chi connectivity index (χ3n) is 5.90. The normalized spacial score (nSPS) is 17.1. The lowest BCUT2D eigenvalue weighted by Crippen LogP contribution is -2.46. The minimum absolute atomic E-state index is 0.0704. The topological polar surface area (TPSA) is 102 Å². The molecule has 2 unspecified atom stereocenters. The highest BCUT2D eigenvalue weighted by atomic mass is 19.1. The van der Waals surface area contributed by atoms with Gasteiger partial charge in [0.15, 0.2) is 11.6 Å². The van der Waals surface area contributed by atoms with Gasteiger partial charge in [-0.05, 0) is 38.6 Å². The number of anilines is 1. The number of aromatic nitrogens is 2. The van der Waals surface area contributed by atoms with E-state index in [1.807, 2.05) is 37.2 Å². The van der Waals surface area contributed by atoms with Crippen molar-refractivity contribution in [3.05, 3.63) is 69.8 Å². The van der Waals surface area contributed by atoms with Gasteiger partial charge in [-0.25, -0.2) is 14.2 Å². The number of H-pyrrole nitrogens is 1. The number of nitrogens with one attached hydrogen (secondary N) is 2. The summed E-state index contributed by atoms with van der Waals surface area (Å²) in [6.45, 7) is 2.09. The average Bonchev–Trinajstić information content (AvgIpc) is 3.22. The highest BCUT2D eigenvalue weighted by Gasteiger charge is 2.28. The quantitative estimate of drug-likeness (QED) is 0.480. The molecule has 0 amide bonds. The monoisotopic (exact) mass is 453 g/mol. The van der Waals surface area contributed by atoms with Crippen LogP contribution < -0.4 is 15.6 Å². The van der Waals surface area contributed by atoms with Gasteiger partial charge < -0.3 is 25.2 Å². The molecule has 3 heterocycles. The molecule has 2 atom stereocenters. The number of rotatable bonds is 8. The molecule has 1 aliphatic heterocycles. The van der Waals surface area contributed by atoms with E-state index < -0.39 is 22.8 Å². The molecule has 1 aromatic carbocycles. The molecule has 174 valence electrons. The molecule has 3 N–H and O–H groups in total. The summed E-state index contributed by atoms with van der Waals surface area (Å²) in [6.07, 6.45) is 2.84. The fourth-order valence-corrected chi connectivity index (χ4v) is 4.43. The van der Waals surface area contributed by atoms with Crippen molar-refractivity contribution in [3.8, 4) is 0 Å². The van der Waals surface area contributed by atoms with E-state index in [4.69, 9.17) is 5.11 Å². The van der Waals surface area contributed by atoms with Crippen molar-refractivity contribution in [2.75, 3.05) is 38.6 Å². The summed E-state index contributed by atoms with van der Waals surface area (Å²) in [7, 11) is 4.09. The van der Waals surface area contributed by atoms with Crippen molar-refractivity contribution >= 4 is 22.8 Å². The Hall–Kier alpha value is -3.30. The first-order valence-electron chi connectivity index (χ1n) is 11.0. The average molecular weight is 454 g/mol. The molecule has 2 aromatic heterocycles. The second-order valence-corrected chi connectivity index (χ2v) is 8.77. The molecule has 3 aromatic rings. The third kappa shape index (κ3) is 5.20. The molecular formula is C24H28FN5O3. The van der Waals surface area contributed by atoms with Gasteiger partial charge in [0, 0.05) is 37.9 Å². The lowest BCUT2D eigenvalue weighted by molar-refractivity contribution is 0.0695. The Labute approximate surface area is 191 Å². The highest BCUT2D eigenvalue weighted by Crippen LogP contribution is 2.24. The second-order valence-electron chi connectivity index (χ2n) is 8.77. The zero-order valence-electron chi connectivity index (χ0n) is 18.7. The van der Waals surface area contributed by atoms with Gasteiger partial charge in [-0.1, -0.05) is 30.3 Å². The van der Waals surface area contributed by atoms with Crippen LogP contribution in [0.4, 0.5) is 10.2 Å². The molecule has 1 aliphatic rings. The standard InChI is InChI=1S/C24H28FN5O3/c1-29(2)13-17(10-15-6-4-3-5-7-15)27-16-8-9-30(14-16)23-20(25)11-18-21(31)19(24(32)33)12-26-22(18)28-23/h3-7,11-12,16-17,27H,8-10,13-14H2,1-2H3,(H,32,33)(H,26,28,31). The van der Waals surface area contributed by atoms with Crippen molar-refractivity contribution in [1.29, 1.82) is 0 Å². The van der Waals surface area contributed by atoms with Crippen LogP contribution in [0, 0.1) is 5.82 Å². The van der Waals surface area contributed by atoms with Crippen LogP contribution in [-0.2, 0) is 6.42 Å². The molecular weight excluding hydrogens is 425 g/mol. The highest BCUT2D eigenvalue weighted by molar-refractivity contribution is 5.91. The predicted molar refractivity (Wildman–Crippen MR) is 126 cm³/mol. The smallest absolute Gasteiger partial charge is 0.341 e. The number of fused-ring (bicyclic) bond motifs is 1. The Kier molecular flexibility index (Phi) is 6.71. The zero-order chi connectivity index (χ0) is 23.5. The zero-order valence-corrected chi connectivity index (χ0v) is 18.7. The van der Waals surface area contributed by atoms with E-state index in [0.29, 0.717) is 13.1 Å². The first-order valence-corrected chi connectivity index (χ1v) is 11.0. The Balaban J connectivity index is 1.50. The minimum Gasteiger partial charge on any atom is -0.477 e. The van der Waals surface area contributed by atoms with Crippen LogP contribution >= 0.6 is 0 Å². The molecule has 0 bridgehead atoms. The number of hydrogen-bond acceptors (Lipinski definition) is 6. The number of carboxylic acid groups (broad SMARTS) is 1. The van der Waals surface area contributed by atoms with E-state index in [0.717, 1.165) is 31.6 Å². The Bertz CT molecular complexity index is 1200. The molecule has 9 heteroatoms. The fraction of sp³-hybridized carbons (Fsp3) is 0.375. The minimum atomic E-state index is -1.36. The summed E-state index contributed by atoms with van der Waals surface area (Å²) in [5.74, 6) is -1.83. The number of pyridine rings is 2. The van der Waals surface area contributed by atoms with Crippen LogP contribution in [0.3, 0.4) is 0 Å². The van der Waals surface area contributed by atoms with Crippen molar-refractivity contribution in [3.63, 3.8) is 0 Å². The molecule has 0 radical (unpaired) electrons. The lowest BCUT2D eigenvalue weighted by Gasteiger charge is -2.26. The summed E-state index contributed by atoms with van der Waals surface area (Å²) < 4.78 is 14.9. The number of likely N-dealkylation sites (N-methyl/N-ethyl adjacent to an activating group) is 1. The van der Waals surface area contributed by atoms with Crippen molar-refractivity contribution in [2.45, 2.75) is 24.9 Å². The van der Waals surface area contributed by atoms with Crippen molar-refractivity contribution in [1.82, 2.24) is 20.2 Å². The van der Waals surface area contributed by atoms with Gasteiger partial charge in [0.2, 0.25) is 5.43 Å². The van der Waals surface area contributed by atoms with E-state index in [1.165, 1.54) is 5.56 Å². The summed E-state index contributed by atoms with van der Waals surface area (Å²) in [4.78, 5) is 34.6. The second kappa shape index (κ2) is 9.68. The van der Waals surface area contributed by atoms with Gasteiger partial charge in [0.05, 0.1) is 5.39 Å². The van der Waals surface area contributed by atoms with E-state index in [1.54, 1.807) is 0 Å². The summed E-state index contributed by atoms with van der Waals surface area (Å²) in [6, 6.07) is 11.8. The van der Waals surface area contributed by atoms with Crippen LogP contribution in [0.1, 0.15) is 22.3 Å². The Morgan fingerprint density at radius 2 is 2.12 bits per heavy atom. The van der Waals surface area contributed by atoms with Gasteiger partial charge >= 0.3 is 5.97 Å². The first kappa shape index (κ1) is 22.9. The van der Waals surface area contributed by atoms with Crippen molar-refractivity contribution in [2.24, 2.45) is 0 Å². The number of halogens is 1. The molecule has 1 saturated heterocycles. The first-order chi connectivity index (χ1) is 15.8. The number of hydrogen-bond donors (Lipinski definition) is 3. The number of aromatic carboxylic acids is 1. The summed E-state index contributed by atoms with van der Waals surface area (Å²) >= 11 is 0. The molecule has 0 saturated carbocycles. The Morgan fingerprint density at radius 1 is 1.36 bits per heavy atom. The molecule has 0 aliphatic carbocycles. The Morgan fingerprint density at radius 3 is 2.82 bits per heavy atom. The molecule has 0 spiro atoms. The van der Waals surface area contributed by atoms with E-state index >= 15 is 0 Å². The number of benzene rings is 1. The molecule has 33 heavy (non-hydrogen) atoms. The van der Waals surface area contributed by atoms with Crippen LogP contribution in [0.15, 0.2) is 47.4 Å². The summed E-state index contributed by atoms with van der Waals surface area (Å²) in [5, 5.41) is 12.8. The van der Waals surface area contributed by atoms with Crippen LogP contribution in [0.2, 0.25) is 0 Å².